The number of hydrogen-bond acceptors (Lipinski definition) is 8. The highest BCUT2D eigenvalue weighted by molar-refractivity contribution is 8.00. The van der Waals surface area contributed by atoms with E-state index in [0.717, 1.165) is 58.0 Å². The van der Waals surface area contributed by atoms with E-state index in [0.29, 0.717) is 31.1 Å². The Morgan fingerprint density at radius 3 is 2.45 bits per heavy atom. The highest BCUT2D eigenvalue weighted by Crippen LogP contribution is 2.68. The van der Waals surface area contributed by atoms with Crippen LogP contribution in [0.15, 0.2) is 12.7 Å². The van der Waals surface area contributed by atoms with E-state index in [2.05, 4.69) is 32.7 Å². The number of nitrogens with zero attached hydrogens (tertiary/aromatic N) is 1. The molecule has 6 fully saturated rings. The molecule has 9 heteroatoms. The second-order valence-electron chi connectivity index (χ2n) is 16.1. The highest BCUT2D eigenvalue weighted by Gasteiger charge is 2.68. The van der Waals surface area contributed by atoms with Crippen LogP contribution in [0.4, 0.5) is 0 Å². The molecule has 8 nitrogen and oxygen atoms in total. The lowest BCUT2D eigenvalue weighted by atomic mass is 9.44. The zero-order chi connectivity index (χ0) is 31.7. The number of ether oxygens (including phenoxy) is 1. The first-order valence-corrected chi connectivity index (χ1v) is 18.2. The molecule has 0 aromatic heterocycles. The Hall–Kier alpha value is -1.42. The van der Waals surface area contributed by atoms with Gasteiger partial charge >= 0.3 is 5.97 Å². The van der Waals surface area contributed by atoms with Gasteiger partial charge in [-0.15, -0.1) is 18.3 Å². The largest absolute Gasteiger partial charge is 0.461 e. The minimum atomic E-state index is -0.657. The molecule has 246 valence electrons. The molecule has 10 atom stereocenters. The van der Waals surface area contributed by atoms with Crippen LogP contribution >= 0.6 is 11.8 Å². The van der Waals surface area contributed by atoms with Crippen LogP contribution in [0.2, 0.25) is 0 Å². The molecule has 3 unspecified atom stereocenters. The van der Waals surface area contributed by atoms with Crippen LogP contribution in [0.1, 0.15) is 91.9 Å². The molecule has 6 rings (SSSR count). The summed E-state index contributed by atoms with van der Waals surface area (Å²) in [5.41, 5.74) is -1.11. The van der Waals surface area contributed by atoms with Crippen molar-refractivity contribution < 1.29 is 29.3 Å². The van der Waals surface area contributed by atoms with Crippen molar-refractivity contribution in [3.63, 3.8) is 0 Å². The van der Waals surface area contributed by atoms with E-state index in [1.54, 1.807) is 11.8 Å². The topological polar surface area (TPSA) is 116 Å². The van der Waals surface area contributed by atoms with Crippen molar-refractivity contribution in [3.8, 4) is 0 Å². The van der Waals surface area contributed by atoms with Crippen LogP contribution in [0, 0.1) is 39.4 Å². The van der Waals surface area contributed by atoms with Gasteiger partial charge in [0, 0.05) is 48.1 Å². The second kappa shape index (κ2) is 11.7. The first-order chi connectivity index (χ1) is 20.8. The third-order valence-electron chi connectivity index (χ3n) is 13.9. The van der Waals surface area contributed by atoms with Gasteiger partial charge in [-0.1, -0.05) is 33.8 Å². The molecule has 0 aromatic carbocycles. The number of carbonyl (C=O) groups is 3. The Bertz CT molecular complexity index is 1160. The van der Waals surface area contributed by atoms with Gasteiger partial charge in [0.15, 0.2) is 0 Å². The number of nitrogens with one attached hydrogen (secondary N) is 1. The molecule has 1 spiro atoms. The van der Waals surface area contributed by atoms with Crippen molar-refractivity contribution in [2.75, 3.05) is 25.4 Å². The lowest BCUT2D eigenvalue weighted by Gasteiger charge is -2.61. The number of rotatable bonds is 6. The average molecular weight is 631 g/mol. The van der Waals surface area contributed by atoms with Crippen molar-refractivity contribution in [3.05, 3.63) is 12.7 Å². The Kier molecular flexibility index (Phi) is 8.63. The molecular formula is C35H54N2O6S. The third kappa shape index (κ3) is 5.20. The molecule has 1 amide bonds. The van der Waals surface area contributed by atoms with Gasteiger partial charge in [0.1, 0.15) is 11.9 Å². The lowest BCUT2D eigenvalue weighted by molar-refractivity contribution is -0.205. The molecule has 2 bridgehead atoms. The van der Waals surface area contributed by atoms with Gasteiger partial charge in [-0.25, -0.2) is 0 Å². The van der Waals surface area contributed by atoms with E-state index >= 15 is 0 Å². The van der Waals surface area contributed by atoms with Crippen LogP contribution < -0.4 is 5.32 Å². The summed E-state index contributed by atoms with van der Waals surface area (Å²) < 4.78 is 6.43. The Morgan fingerprint density at radius 1 is 1.11 bits per heavy atom. The average Bonchev–Trinajstić information content (AvgIpc) is 3.59. The van der Waals surface area contributed by atoms with Gasteiger partial charge in [0.2, 0.25) is 5.91 Å². The summed E-state index contributed by atoms with van der Waals surface area (Å²) in [5, 5.41) is 25.1. The molecule has 3 N–H and O–H groups in total. The van der Waals surface area contributed by atoms with Gasteiger partial charge in [0.05, 0.1) is 24.0 Å². The van der Waals surface area contributed by atoms with Crippen molar-refractivity contribution in [2.24, 2.45) is 39.4 Å². The number of aliphatic hydroxyl groups excluding tert-OH is 2. The monoisotopic (exact) mass is 630 g/mol. The molecule has 4 saturated carbocycles. The number of aliphatic hydroxyl groups is 2. The maximum atomic E-state index is 13.6. The number of thioether (sulfide) groups is 1. The lowest BCUT2D eigenvalue weighted by Crippen LogP contribution is -2.63. The number of piperidine rings is 1. The Labute approximate surface area is 267 Å². The number of Topliss-reactive ketones (excluding diaryl/α,β-unsaturated/α-hetero) is 1. The van der Waals surface area contributed by atoms with Crippen LogP contribution in [0.5, 0.6) is 0 Å². The predicted octanol–water partition coefficient (Wildman–Crippen LogP) is 4.12. The standard InChI is InChI=1S/C35H54N2O6S/c1-6-32(4)18-27(33(5)21(2)7-9-35(22(3)30(32)41)10-8-26(39)29(33)35)43-28(40)20-44-24-16-34(17-24)11-13-37(14-12-34)31(42)25-15-23(38)19-36-25/h6,21-25,27,29-30,36,38,41H,1,7-20H2,2-5H3/t21?,22-,23-,25?,27+,29?,30-,32+,33-,35-/m0/s1. The summed E-state index contributed by atoms with van der Waals surface area (Å²) in [6.07, 6.45) is 8.61. The van der Waals surface area contributed by atoms with Gasteiger partial charge in [-0.2, -0.15) is 0 Å². The quantitative estimate of drug-likeness (QED) is 0.297. The first kappa shape index (κ1) is 32.5. The second-order valence-corrected chi connectivity index (χ2v) is 17.4. The molecule has 0 radical (unpaired) electrons. The molecule has 2 heterocycles. The normalized spacial score (nSPS) is 45.3. The van der Waals surface area contributed by atoms with Crippen molar-refractivity contribution in [1.82, 2.24) is 10.2 Å². The van der Waals surface area contributed by atoms with E-state index in [1.807, 2.05) is 17.9 Å². The van der Waals surface area contributed by atoms with E-state index in [9.17, 15) is 24.6 Å². The summed E-state index contributed by atoms with van der Waals surface area (Å²) in [6, 6.07) is -0.259. The number of ketones is 1. The molecule has 2 saturated heterocycles. The summed E-state index contributed by atoms with van der Waals surface area (Å²) in [6.45, 7) is 14.7. The van der Waals surface area contributed by atoms with Crippen LogP contribution in [0.25, 0.3) is 0 Å². The summed E-state index contributed by atoms with van der Waals surface area (Å²) in [7, 11) is 0. The Balaban J connectivity index is 1.07. The zero-order valence-electron chi connectivity index (χ0n) is 27.2. The van der Waals surface area contributed by atoms with Crippen molar-refractivity contribution in [2.45, 2.75) is 122 Å². The number of β-amino-alcohol motifs (C(OH)–C–C–N with tert-alkyl or cyclic N) is 1. The fraction of sp³-hybridized carbons (Fsp3) is 0.857. The van der Waals surface area contributed by atoms with E-state index in [4.69, 9.17) is 4.74 Å². The molecular weight excluding hydrogens is 576 g/mol. The summed E-state index contributed by atoms with van der Waals surface area (Å²) in [4.78, 5) is 42.0. The van der Waals surface area contributed by atoms with E-state index in [1.165, 1.54) is 0 Å². The molecule has 44 heavy (non-hydrogen) atoms. The fourth-order valence-corrected chi connectivity index (χ4v) is 12.0. The molecule has 4 aliphatic carbocycles. The smallest absolute Gasteiger partial charge is 0.316 e. The van der Waals surface area contributed by atoms with Crippen molar-refractivity contribution >= 4 is 29.4 Å². The summed E-state index contributed by atoms with van der Waals surface area (Å²) >= 11 is 1.68. The highest BCUT2D eigenvalue weighted by atomic mass is 32.2. The molecule has 0 aromatic rings. The number of esters is 1. The first-order valence-electron chi connectivity index (χ1n) is 17.1. The SMILES string of the molecule is C=C[C@]1(C)C[C@@H](OC(=O)CSC2CC3(CCN(C(=O)C4C[C@H](O)CN4)CC3)C2)[C@]2(C)C(C)CC[C@]3(CCC(=O)C32)[C@@H](C)[C@@H]1O. The third-order valence-corrected chi connectivity index (χ3v) is 15.1. The minimum absolute atomic E-state index is 0.0378. The number of carbonyl (C=O) groups excluding carboxylic acids is 3. The van der Waals surface area contributed by atoms with Gasteiger partial charge in [-0.05, 0) is 80.5 Å². The number of amides is 1. The van der Waals surface area contributed by atoms with Crippen LogP contribution in [0.3, 0.4) is 0 Å². The maximum absolute atomic E-state index is 13.6. The van der Waals surface area contributed by atoms with Gasteiger partial charge < -0.3 is 25.2 Å². The Morgan fingerprint density at radius 2 is 1.82 bits per heavy atom. The summed E-state index contributed by atoms with van der Waals surface area (Å²) in [5.74, 6) is 0.438. The molecule has 2 aliphatic heterocycles. The number of hydrogen-bond donors (Lipinski definition) is 3. The van der Waals surface area contributed by atoms with Gasteiger partial charge in [0.25, 0.3) is 0 Å². The minimum Gasteiger partial charge on any atom is -0.461 e. The molecule has 6 aliphatic rings. The van der Waals surface area contributed by atoms with Crippen molar-refractivity contribution in [1.29, 1.82) is 0 Å². The van der Waals surface area contributed by atoms with Crippen LogP contribution in [-0.2, 0) is 19.1 Å². The van der Waals surface area contributed by atoms with Crippen LogP contribution in [-0.4, -0.2) is 87.8 Å². The maximum Gasteiger partial charge on any atom is 0.316 e. The van der Waals surface area contributed by atoms with Gasteiger partial charge in [-0.3, -0.25) is 14.4 Å². The number of likely N-dealkylation sites (tertiary alicyclic amines) is 1. The van der Waals surface area contributed by atoms with E-state index < -0.39 is 29.1 Å². The van der Waals surface area contributed by atoms with E-state index in [-0.39, 0.29) is 58.0 Å². The zero-order valence-corrected chi connectivity index (χ0v) is 28.0. The fourth-order valence-electron chi connectivity index (χ4n) is 10.6. The predicted molar refractivity (Wildman–Crippen MR) is 171 cm³/mol.